The molecular weight excluding hydrogens is 298 g/mol. The van der Waals surface area contributed by atoms with Crippen LogP contribution in [0.5, 0.6) is 0 Å². The highest BCUT2D eigenvalue weighted by molar-refractivity contribution is 9.10. The zero-order valence-electron chi connectivity index (χ0n) is 9.44. The topological polar surface area (TPSA) is 30.2 Å². The van der Waals surface area contributed by atoms with Crippen molar-refractivity contribution in [2.45, 2.75) is 13.8 Å². The van der Waals surface area contributed by atoms with Crippen LogP contribution in [-0.2, 0) is 0 Å². The van der Waals surface area contributed by atoms with Gasteiger partial charge in [0.2, 0.25) is 4.96 Å². The fourth-order valence-corrected chi connectivity index (χ4v) is 2.88. The lowest BCUT2D eigenvalue weighted by atomic mass is 10.1. The standard InChI is InChI=1S/C12H10BrN3S/c1-7-11(9-3-5-10(13)6-4-9)14-12-16(7)15-8(2)17-12/h3-6H,1-2H3. The highest BCUT2D eigenvalue weighted by atomic mass is 79.9. The van der Waals surface area contributed by atoms with Crippen molar-refractivity contribution in [2.75, 3.05) is 0 Å². The quantitative estimate of drug-likeness (QED) is 0.684. The number of benzene rings is 1. The number of imidazole rings is 1. The number of aromatic nitrogens is 3. The van der Waals surface area contributed by atoms with E-state index in [-0.39, 0.29) is 0 Å². The van der Waals surface area contributed by atoms with Crippen molar-refractivity contribution < 1.29 is 0 Å². The first-order valence-electron chi connectivity index (χ1n) is 5.24. The lowest BCUT2D eigenvalue weighted by molar-refractivity contribution is 0.909. The Morgan fingerprint density at radius 2 is 1.88 bits per heavy atom. The number of rotatable bonds is 1. The summed E-state index contributed by atoms with van der Waals surface area (Å²) in [6, 6.07) is 8.19. The highest BCUT2D eigenvalue weighted by Crippen LogP contribution is 2.27. The maximum absolute atomic E-state index is 4.64. The van der Waals surface area contributed by atoms with Gasteiger partial charge in [-0.05, 0) is 26.0 Å². The highest BCUT2D eigenvalue weighted by Gasteiger charge is 2.13. The third-order valence-corrected chi connectivity index (χ3v) is 4.00. The van der Waals surface area contributed by atoms with E-state index in [1.54, 1.807) is 11.3 Å². The lowest BCUT2D eigenvalue weighted by Crippen LogP contribution is -1.88. The summed E-state index contributed by atoms with van der Waals surface area (Å²) in [6.45, 7) is 4.05. The molecule has 0 N–H and O–H groups in total. The van der Waals surface area contributed by atoms with Crippen LogP contribution in [0.1, 0.15) is 10.7 Å². The van der Waals surface area contributed by atoms with Crippen LogP contribution in [0.2, 0.25) is 0 Å². The summed E-state index contributed by atoms with van der Waals surface area (Å²) in [6.07, 6.45) is 0. The summed E-state index contributed by atoms with van der Waals surface area (Å²) in [5.74, 6) is 0. The normalized spacial score (nSPS) is 11.2. The van der Waals surface area contributed by atoms with Gasteiger partial charge in [0.1, 0.15) is 5.01 Å². The molecule has 0 saturated heterocycles. The van der Waals surface area contributed by atoms with Crippen molar-refractivity contribution in [1.29, 1.82) is 0 Å². The predicted octanol–water partition coefficient (Wildman–Crippen LogP) is 3.84. The molecule has 0 amide bonds. The molecular formula is C12H10BrN3S. The van der Waals surface area contributed by atoms with Crippen LogP contribution in [0.4, 0.5) is 0 Å². The molecule has 0 atom stereocenters. The van der Waals surface area contributed by atoms with Crippen LogP contribution in [0.25, 0.3) is 16.2 Å². The largest absolute Gasteiger partial charge is 0.217 e. The SMILES string of the molecule is Cc1nn2c(C)c(-c3ccc(Br)cc3)nc2s1. The molecule has 5 heteroatoms. The summed E-state index contributed by atoms with van der Waals surface area (Å²) in [5, 5.41) is 5.48. The van der Waals surface area contributed by atoms with Gasteiger partial charge in [-0.3, -0.25) is 0 Å². The zero-order chi connectivity index (χ0) is 12.0. The maximum Gasteiger partial charge on any atom is 0.212 e. The first kappa shape index (κ1) is 10.9. The number of fused-ring (bicyclic) bond motifs is 1. The first-order chi connectivity index (χ1) is 8.15. The van der Waals surface area contributed by atoms with E-state index in [9.17, 15) is 0 Å². The van der Waals surface area contributed by atoms with E-state index in [0.29, 0.717) is 0 Å². The third-order valence-electron chi connectivity index (χ3n) is 2.65. The molecule has 0 unspecified atom stereocenters. The van der Waals surface area contributed by atoms with Gasteiger partial charge in [-0.25, -0.2) is 9.50 Å². The molecule has 0 spiro atoms. The molecule has 0 fully saturated rings. The Kier molecular flexibility index (Phi) is 2.52. The van der Waals surface area contributed by atoms with Crippen molar-refractivity contribution in [3.05, 3.63) is 39.4 Å². The fourth-order valence-electron chi connectivity index (χ4n) is 1.83. The average Bonchev–Trinajstić information content (AvgIpc) is 2.79. The van der Waals surface area contributed by atoms with Crippen LogP contribution in [0, 0.1) is 13.8 Å². The van der Waals surface area contributed by atoms with Crippen molar-refractivity contribution in [3.8, 4) is 11.3 Å². The Labute approximate surface area is 111 Å². The monoisotopic (exact) mass is 307 g/mol. The van der Waals surface area contributed by atoms with Gasteiger partial charge >= 0.3 is 0 Å². The smallest absolute Gasteiger partial charge is 0.212 e. The molecule has 3 aromatic rings. The first-order valence-corrected chi connectivity index (χ1v) is 6.85. The van der Waals surface area contributed by atoms with Crippen molar-refractivity contribution in [1.82, 2.24) is 14.6 Å². The lowest BCUT2D eigenvalue weighted by Gasteiger charge is -1.98. The molecule has 86 valence electrons. The average molecular weight is 308 g/mol. The van der Waals surface area contributed by atoms with E-state index in [1.807, 2.05) is 23.6 Å². The molecule has 0 radical (unpaired) electrons. The minimum atomic E-state index is 0.956. The number of halogens is 1. The summed E-state index contributed by atoms with van der Waals surface area (Å²) in [5.41, 5.74) is 3.23. The molecule has 0 bridgehead atoms. The van der Waals surface area contributed by atoms with Gasteiger partial charge < -0.3 is 0 Å². The van der Waals surface area contributed by atoms with Crippen LogP contribution < -0.4 is 0 Å². The van der Waals surface area contributed by atoms with E-state index in [0.717, 1.165) is 31.4 Å². The fraction of sp³-hybridized carbons (Fsp3) is 0.167. The Balaban J connectivity index is 2.20. The van der Waals surface area contributed by atoms with E-state index >= 15 is 0 Å². The van der Waals surface area contributed by atoms with Crippen LogP contribution in [0.3, 0.4) is 0 Å². The van der Waals surface area contributed by atoms with Crippen LogP contribution in [-0.4, -0.2) is 14.6 Å². The molecule has 1 aromatic carbocycles. The minimum absolute atomic E-state index is 0.956. The van der Waals surface area contributed by atoms with Crippen molar-refractivity contribution in [2.24, 2.45) is 0 Å². The van der Waals surface area contributed by atoms with Gasteiger partial charge in [-0.15, -0.1) is 0 Å². The van der Waals surface area contributed by atoms with Gasteiger partial charge in [0, 0.05) is 10.0 Å². The molecule has 3 rings (SSSR count). The molecule has 17 heavy (non-hydrogen) atoms. The van der Waals surface area contributed by atoms with Gasteiger partial charge in [-0.2, -0.15) is 5.10 Å². The van der Waals surface area contributed by atoms with Gasteiger partial charge in [0.25, 0.3) is 0 Å². The summed E-state index contributed by atoms with van der Waals surface area (Å²) in [7, 11) is 0. The zero-order valence-corrected chi connectivity index (χ0v) is 11.8. The Morgan fingerprint density at radius 3 is 2.53 bits per heavy atom. The molecule has 0 aliphatic rings. The number of hydrogen-bond acceptors (Lipinski definition) is 3. The Hall–Kier alpha value is -1.20. The van der Waals surface area contributed by atoms with E-state index < -0.39 is 0 Å². The minimum Gasteiger partial charge on any atom is -0.217 e. The molecule has 0 saturated carbocycles. The summed E-state index contributed by atoms with van der Waals surface area (Å²) in [4.78, 5) is 5.59. The van der Waals surface area contributed by atoms with Crippen LogP contribution >= 0.6 is 27.3 Å². The molecule has 2 aromatic heterocycles. The second-order valence-electron chi connectivity index (χ2n) is 3.87. The second-order valence-corrected chi connectivity index (χ2v) is 5.94. The summed E-state index contributed by atoms with van der Waals surface area (Å²) >= 11 is 5.05. The van der Waals surface area contributed by atoms with Gasteiger partial charge in [-0.1, -0.05) is 39.4 Å². The molecule has 0 aliphatic carbocycles. The van der Waals surface area contributed by atoms with Gasteiger partial charge in [0.05, 0.1) is 11.4 Å². The molecule has 0 aliphatic heterocycles. The van der Waals surface area contributed by atoms with E-state index in [4.69, 9.17) is 0 Å². The molecule has 3 nitrogen and oxygen atoms in total. The number of aryl methyl sites for hydroxylation is 2. The number of hydrogen-bond donors (Lipinski definition) is 0. The Morgan fingerprint density at radius 1 is 1.18 bits per heavy atom. The molecule has 2 heterocycles. The van der Waals surface area contributed by atoms with Gasteiger partial charge in [0.15, 0.2) is 0 Å². The third kappa shape index (κ3) is 1.79. The van der Waals surface area contributed by atoms with Crippen LogP contribution in [0.15, 0.2) is 28.7 Å². The van der Waals surface area contributed by atoms with E-state index in [2.05, 4.69) is 45.1 Å². The maximum atomic E-state index is 4.64. The Bertz CT molecular complexity index is 682. The number of nitrogens with zero attached hydrogens (tertiary/aromatic N) is 3. The predicted molar refractivity (Wildman–Crippen MR) is 73.5 cm³/mol. The van der Waals surface area contributed by atoms with E-state index in [1.165, 1.54) is 0 Å². The second kappa shape index (κ2) is 3.92. The van der Waals surface area contributed by atoms with Crippen molar-refractivity contribution >= 4 is 32.2 Å². The van der Waals surface area contributed by atoms with Crippen molar-refractivity contribution in [3.63, 3.8) is 0 Å². The summed E-state index contributed by atoms with van der Waals surface area (Å²) < 4.78 is 2.99.